The van der Waals surface area contributed by atoms with Crippen molar-refractivity contribution in [2.24, 2.45) is 0 Å². The molecule has 30 heavy (non-hydrogen) atoms. The Bertz CT molecular complexity index is 1100. The van der Waals surface area contributed by atoms with Gasteiger partial charge in [-0.2, -0.15) is 5.26 Å². The van der Waals surface area contributed by atoms with Crippen molar-refractivity contribution in [2.75, 3.05) is 5.32 Å². The first-order chi connectivity index (χ1) is 14.5. The fourth-order valence-electron chi connectivity index (χ4n) is 2.59. The molecule has 0 spiro atoms. The number of ether oxygens (including phenoxy) is 1. The summed E-state index contributed by atoms with van der Waals surface area (Å²) in [5, 5.41) is 21.8. The van der Waals surface area contributed by atoms with Gasteiger partial charge < -0.3 is 15.2 Å². The lowest BCUT2D eigenvalue weighted by molar-refractivity contribution is -0.112. The molecule has 0 saturated heterocycles. The number of halogens is 2. The number of nitriles is 1. The van der Waals surface area contributed by atoms with E-state index in [4.69, 9.17) is 27.9 Å². The van der Waals surface area contributed by atoms with Crippen molar-refractivity contribution in [3.05, 3.63) is 93.5 Å². The predicted octanol–water partition coefficient (Wildman–Crippen LogP) is 5.82. The Morgan fingerprint density at radius 2 is 1.70 bits per heavy atom. The van der Waals surface area contributed by atoms with E-state index in [1.807, 2.05) is 36.4 Å². The van der Waals surface area contributed by atoms with Gasteiger partial charge in [0, 0.05) is 5.69 Å². The smallest absolute Gasteiger partial charge is 0.266 e. The monoisotopic (exact) mass is 438 g/mol. The highest BCUT2D eigenvalue weighted by Crippen LogP contribution is 2.35. The van der Waals surface area contributed by atoms with E-state index >= 15 is 0 Å². The number of phenolic OH excluding ortho intramolecular Hbond substituents is 1. The van der Waals surface area contributed by atoms with Gasteiger partial charge in [0.15, 0.2) is 5.75 Å². The zero-order valence-corrected chi connectivity index (χ0v) is 17.1. The van der Waals surface area contributed by atoms with Crippen LogP contribution in [0.5, 0.6) is 11.5 Å². The summed E-state index contributed by atoms with van der Waals surface area (Å²) in [6, 6.07) is 20.5. The van der Waals surface area contributed by atoms with Crippen LogP contribution in [0.1, 0.15) is 11.1 Å². The minimum Gasteiger partial charge on any atom is -0.508 e. The quantitative estimate of drug-likeness (QED) is 0.288. The molecule has 0 atom stereocenters. The Kier molecular flexibility index (Phi) is 6.97. The summed E-state index contributed by atoms with van der Waals surface area (Å²) >= 11 is 12.6. The normalized spacial score (nSPS) is 10.9. The van der Waals surface area contributed by atoms with Crippen molar-refractivity contribution < 1.29 is 14.6 Å². The molecule has 0 fully saturated rings. The summed E-state index contributed by atoms with van der Waals surface area (Å²) in [5.74, 6) is -0.200. The van der Waals surface area contributed by atoms with Crippen molar-refractivity contribution in [3.8, 4) is 17.6 Å². The Morgan fingerprint density at radius 1 is 1.07 bits per heavy atom. The average molecular weight is 439 g/mol. The number of hydrogen-bond acceptors (Lipinski definition) is 4. The number of aromatic hydroxyl groups is 1. The van der Waals surface area contributed by atoms with Gasteiger partial charge in [0.2, 0.25) is 0 Å². The van der Waals surface area contributed by atoms with Crippen LogP contribution < -0.4 is 10.1 Å². The van der Waals surface area contributed by atoms with E-state index in [0.29, 0.717) is 23.6 Å². The third-order valence-electron chi connectivity index (χ3n) is 4.05. The van der Waals surface area contributed by atoms with E-state index in [0.717, 1.165) is 5.56 Å². The number of nitrogens with one attached hydrogen (secondary N) is 1. The summed E-state index contributed by atoms with van der Waals surface area (Å²) in [6.07, 6.45) is 1.38. The number of nitrogens with zero attached hydrogens (tertiary/aromatic N) is 1. The van der Waals surface area contributed by atoms with Gasteiger partial charge in [-0.25, -0.2) is 0 Å². The molecule has 0 bridgehead atoms. The number of amides is 1. The molecular weight excluding hydrogens is 423 g/mol. The summed E-state index contributed by atoms with van der Waals surface area (Å²) in [4.78, 5) is 12.4. The van der Waals surface area contributed by atoms with Crippen molar-refractivity contribution in [3.63, 3.8) is 0 Å². The van der Waals surface area contributed by atoms with Crippen molar-refractivity contribution in [1.82, 2.24) is 0 Å². The van der Waals surface area contributed by atoms with Gasteiger partial charge in [-0.1, -0.05) is 53.5 Å². The zero-order valence-electron chi connectivity index (χ0n) is 15.6. The van der Waals surface area contributed by atoms with E-state index in [2.05, 4.69) is 5.32 Å². The Labute approximate surface area is 183 Å². The van der Waals surface area contributed by atoms with Crippen LogP contribution in [0.2, 0.25) is 10.0 Å². The standard InChI is InChI=1S/C23H16Cl2N2O3/c24-20-11-16(12-21(25)22(20)30-14-15-4-2-1-3-5-15)10-17(13-26)23(29)27-18-6-8-19(28)9-7-18/h1-12,28H,14H2,(H,27,29)/b17-10+. The molecule has 3 rings (SSSR count). The molecule has 0 aliphatic rings. The Morgan fingerprint density at radius 3 is 2.30 bits per heavy atom. The SMILES string of the molecule is N#C/C(=C\c1cc(Cl)c(OCc2ccccc2)c(Cl)c1)C(=O)Nc1ccc(O)cc1. The molecule has 0 aliphatic heterocycles. The number of rotatable bonds is 6. The van der Waals surface area contributed by atoms with Crippen LogP contribution in [0, 0.1) is 11.3 Å². The number of carbonyl (C=O) groups excluding carboxylic acids is 1. The topological polar surface area (TPSA) is 82.3 Å². The molecule has 0 aromatic heterocycles. The molecular formula is C23H16Cl2N2O3. The lowest BCUT2D eigenvalue weighted by Gasteiger charge is -2.11. The third-order valence-corrected chi connectivity index (χ3v) is 4.61. The van der Waals surface area contributed by atoms with Crippen LogP contribution in [0.3, 0.4) is 0 Å². The van der Waals surface area contributed by atoms with Crippen LogP contribution in [0.25, 0.3) is 6.08 Å². The van der Waals surface area contributed by atoms with Gasteiger partial charge >= 0.3 is 0 Å². The van der Waals surface area contributed by atoms with E-state index in [9.17, 15) is 15.2 Å². The lowest BCUT2D eigenvalue weighted by Crippen LogP contribution is -2.13. The molecule has 2 N–H and O–H groups in total. The van der Waals surface area contributed by atoms with E-state index in [1.165, 1.54) is 30.3 Å². The molecule has 0 unspecified atom stereocenters. The fraction of sp³-hybridized carbons (Fsp3) is 0.0435. The molecule has 3 aromatic carbocycles. The molecule has 1 amide bonds. The first-order valence-corrected chi connectivity index (χ1v) is 9.60. The molecule has 0 heterocycles. The van der Waals surface area contributed by atoms with Crippen LogP contribution in [-0.4, -0.2) is 11.0 Å². The number of carbonyl (C=O) groups is 1. The number of hydrogen-bond donors (Lipinski definition) is 2. The molecule has 0 radical (unpaired) electrons. The van der Waals surface area contributed by atoms with E-state index in [1.54, 1.807) is 12.1 Å². The molecule has 150 valence electrons. The summed E-state index contributed by atoms with van der Waals surface area (Å²) in [5.41, 5.74) is 1.76. The predicted molar refractivity (Wildman–Crippen MR) is 118 cm³/mol. The minimum atomic E-state index is -0.597. The lowest BCUT2D eigenvalue weighted by atomic mass is 10.1. The van der Waals surface area contributed by atoms with Crippen molar-refractivity contribution in [2.45, 2.75) is 6.61 Å². The molecule has 0 aliphatic carbocycles. The van der Waals surface area contributed by atoms with E-state index < -0.39 is 5.91 Å². The van der Waals surface area contributed by atoms with Crippen LogP contribution >= 0.6 is 23.2 Å². The Balaban J connectivity index is 1.76. The second-order valence-corrected chi connectivity index (χ2v) is 7.07. The largest absolute Gasteiger partial charge is 0.508 e. The maximum Gasteiger partial charge on any atom is 0.266 e. The van der Waals surface area contributed by atoms with E-state index in [-0.39, 0.29) is 21.4 Å². The van der Waals surface area contributed by atoms with Crippen molar-refractivity contribution in [1.29, 1.82) is 5.26 Å². The van der Waals surface area contributed by atoms with Crippen LogP contribution in [0.4, 0.5) is 5.69 Å². The number of anilines is 1. The minimum absolute atomic E-state index is 0.0721. The van der Waals surface area contributed by atoms with Gasteiger partial charge in [-0.3, -0.25) is 4.79 Å². The van der Waals surface area contributed by atoms with Crippen LogP contribution in [-0.2, 0) is 11.4 Å². The maximum absolute atomic E-state index is 12.4. The van der Waals surface area contributed by atoms with Crippen LogP contribution in [0.15, 0.2) is 72.3 Å². The van der Waals surface area contributed by atoms with Gasteiger partial charge in [-0.05, 0) is 53.6 Å². The second-order valence-electron chi connectivity index (χ2n) is 6.26. The molecule has 3 aromatic rings. The summed E-state index contributed by atoms with van der Waals surface area (Å²) < 4.78 is 5.73. The summed E-state index contributed by atoms with van der Waals surface area (Å²) in [7, 11) is 0. The first kappa shape index (κ1) is 21.3. The maximum atomic E-state index is 12.4. The zero-order chi connectivity index (χ0) is 21.5. The molecule has 0 saturated carbocycles. The highest BCUT2D eigenvalue weighted by atomic mass is 35.5. The average Bonchev–Trinajstić information content (AvgIpc) is 2.73. The van der Waals surface area contributed by atoms with Gasteiger partial charge in [0.25, 0.3) is 5.91 Å². The van der Waals surface area contributed by atoms with Gasteiger partial charge in [-0.15, -0.1) is 0 Å². The summed E-state index contributed by atoms with van der Waals surface area (Å²) in [6.45, 7) is 0.300. The van der Waals surface area contributed by atoms with Crippen molar-refractivity contribution >= 4 is 40.9 Å². The third kappa shape index (κ3) is 5.54. The second kappa shape index (κ2) is 9.84. The van der Waals surface area contributed by atoms with Gasteiger partial charge in [0.05, 0.1) is 10.0 Å². The number of benzene rings is 3. The fourth-order valence-corrected chi connectivity index (χ4v) is 3.20. The number of phenols is 1. The molecule has 7 heteroatoms. The molecule has 5 nitrogen and oxygen atoms in total. The van der Waals surface area contributed by atoms with Gasteiger partial charge in [0.1, 0.15) is 24.0 Å². The first-order valence-electron chi connectivity index (χ1n) is 8.84. The highest BCUT2D eigenvalue weighted by Gasteiger charge is 2.13. The Hall–Kier alpha value is -3.46. The highest BCUT2D eigenvalue weighted by molar-refractivity contribution is 6.37.